The molecule has 0 radical (unpaired) electrons. The van der Waals surface area contributed by atoms with Gasteiger partial charge in [-0.05, 0) is 31.7 Å². The lowest BCUT2D eigenvalue weighted by Crippen LogP contribution is -2.32. The van der Waals surface area contributed by atoms with E-state index in [1.54, 1.807) is 6.92 Å². The molecule has 1 heterocycles. The third-order valence-electron chi connectivity index (χ3n) is 4.27. The number of benzene rings is 2. The molecule has 7 heteroatoms. The molecule has 3 rings (SSSR count). The van der Waals surface area contributed by atoms with Crippen molar-refractivity contribution in [1.29, 1.82) is 0 Å². The van der Waals surface area contributed by atoms with Crippen molar-refractivity contribution in [3.63, 3.8) is 0 Å². The van der Waals surface area contributed by atoms with E-state index in [-0.39, 0.29) is 5.06 Å². The molecule has 2 aromatic carbocycles. The molecule has 0 aliphatic carbocycles. The van der Waals surface area contributed by atoms with Crippen LogP contribution in [0.25, 0.3) is 10.8 Å². The second-order valence-corrected chi connectivity index (χ2v) is 7.41. The number of hydrogen-bond donors (Lipinski definition) is 1. The zero-order chi connectivity index (χ0) is 20.3. The zero-order valence-corrected chi connectivity index (χ0v) is 16.7. The normalized spacial score (nSPS) is 11.9. The molecule has 2 N–H and O–H groups in total. The van der Waals surface area contributed by atoms with Crippen molar-refractivity contribution in [3.8, 4) is 16.6 Å². The Morgan fingerprint density at radius 1 is 1.07 bits per heavy atom. The minimum absolute atomic E-state index is 0.204. The minimum atomic E-state index is -1.13. The van der Waals surface area contributed by atoms with Gasteiger partial charge >= 0.3 is 11.9 Å². The molecular formula is C21H21NO5S. The van der Waals surface area contributed by atoms with Crippen molar-refractivity contribution in [1.82, 2.24) is 0 Å². The highest BCUT2D eigenvalue weighted by molar-refractivity contribution is 7.14. The predicted molar refractivity (Wildman–Crippen MR) is 108 cm³/mol. The summed E-state index contributed by atoms with van der Waals surface area (Å²) in [5.74, 6) is -1.23. The molecule has 0 amide bonds. The average molecular weight is 399 g/mol. The van der Waals surface area contributed by atoms with Crippen molar-refractivity contribution in [2.45, 2.75) is 33.4 Å². The van der Waals surface area contributed by atoms with Gasteiger partial charge < -0.3 is 14.2 Å². The Kier molecular flexibility index (Phi) is 5.96. The van der Waals surface area contributed by atoms with Gasteiger partial charge in [0, 0.05) is 15.8 Å². The molecule has 1 aromatic heterocycles. The summed E-state index contributed by atoms with van der Waals surface area (Å²) in [5, 5.41) is 2.16. The van der Waals surface area contributed by atoms with Gasteiger partial charge in [-0.15, -0.1) is 0 Å². The maximum atomic E-state index is 12.1. The van der Waals surface area contributed by atoms with Crippen LogP contribution in [0.5, 0.6) is 16.6 Å². The average Bonchev–Trinajstić information content (AvgIpc) is 2.95. The van der Waals surface area contributed by atoms with Gasteiger partial charge in [-0.2, -0.15) is 0 Å². The van der Waals surface area contributed by atoms with Crippen LogP contribution < -0.4 is 15.2 Å². The van der Waals surface area contributed by atoms with E-state index in [1.165, 1.54) is 11.3 Å². The van der Waals surface area contributed by atoms with E-state index >= 15 is 0 Å². The summed E-state index contributed by atoms with van der Waals surface area (Å²) in [6, 6.07) is 13.5. The molecule has 0 aliphatic heterocycles. The zero-order valence-electron chi connectivity index (χ0n) is 15.9. The van der Waals surface area contributed by atoms with Crippen LogP contribution in [-0.4, -0.2) is 18.2 Å². The highest BCUT2D eigenvalue weighted by atomic mass is 32.1. The van der Waals surface area contributed by atoms with Gasteiger partial charge in [0.15, 0.2) is 12.0 Å². The first kappa shape index (κ1) is 19.9. The molecule has 0 aliphatic rings. The van der Waals surface area contributed by atoms with E-state index in [4.69, 9.17) is 19.9 Å². The summed E-state index contributed by atoms with van der Waals surface area (Å²) >= 11 is 1.23. The smallest absolute Gasteiger partial charge is 0.423 e. The summed E-state index contributed by atoms with van der Waals surface area (Å²) in [4.78, 5) is 24.9. The standard InChI is InChI=1S/C21H21NO5S/c1-4-17(22)26-19(23)20(24)27-21-18(12(2)13(3)28-21)25-16-11-7-9-14-8-5-6-10-15(14)16/h5-11,17H,4,22H2,1-3H3. The van der Waals surface area contributed by atoms with Crippen LogP contribution in [0.4, 0.5) is 0 Å². The third-order valence-corrected chi connectivity index (χ3v) is 5.34. The summed E-state index contributed by atoms with van der Waals surface area (Å²) in [6.07, 6.45) is -0.454. The molecule has 0 spiro atoms. The molecular weight excluding hydrogens is 378 g/mol. The number of rotatable bonds is 5. The molecule has 0 fully saturated rings. The van der Waals surface area contributed by atoms with Crippen LogP contribution in [0.2, 0.25) is 0 Å². The summed E-state index contributed by atoms with van der Waals surface area (Å²) < 4.78 is 16.2. The van der Waals surface area contributed by atoms with Gasteiger partial charge in [0.05, 0.1) is 0 Å². The molecule has 28 heavy (non-hydrogen) atoms. The fourth-order valence-electron chi connectivity index (χ4n) is 2.55. The summed E-state index contributed by atoms with van der Waals surface area (Å²) in [5.41, 5.74) is 6.38. The van der Waals surface area contributed by atoms with Crippen LogP contribution >= 0.6 is 11.3 Å². The van der Waals surface area contributed by atoms with Crippen molar-refractivity contribution in [2.75, 3.05) is 0 Å². The fraction of sp³-hybridized carbons (Fsp3) is 0.238. The Hall–Kier alpha value is -2.90. The summed E-state index contributed by atoms with van der Waals surface area (Å²) in [7, 11) is 0. The molecule has 0 bridgehead atoms. The minimum Gasteiger partial charge on any atom is -0.452 e. The Morgan fingerprint density at radius 2 is 1.79 bits per heavy atom. The first-order chi connectivity index (χ1) is 13.4. The molecule has 146 valence electrons. The second-order valence-electron chi connectivity index (χ2n) is 6.22. The highest BCUT2D eigenvalue weighted by Crippen LogP contribution is 2.44. The number of carbonyl (C=O) groups is 2. The quantitative estimate of drug-likeness (QED) is 0.387. The fourth-order valence-corrected chi connectivity index (χ4v) is 3.48. The Bertz CT molecular complexity index is 1020. The second kappa shape index (κ2) is 8.41. The van der Waals surface area contributed by atoms with Crippen molar-refractivity contribution in [3.05, 3.63) is 52.9 Å². The number of ether oxygens (including phenoxy) is 3. The van der Waals surface area contributed by atoms with Gasteiger partial charge in [-0.1, -0.05) is 54.7 Å². The Balaban J connectivity index is 1.88. The highest BCUT2D eigenvalue weighted by Gasteiger charge is 2.25. The van der Waals surface area contributed by atoms with E-state index in [0.29, 0.717) is 17.9 Å². The summed E-state index contributed by atoms with van der Waals surface area (Å²) in [6.45, 7) is 5.50. The molecule has 1 unspecified atom stereocenters. The number of thiophene rings is 1. The first-order valence-electron chi connectivity index (χ1n) is 8.84. The number of aryl methyl sites for hydroxylation is 1. The number of fused-ring (bicyclic) bond motifs is 1. The van der Waals surface area contributed by atoms with Crippen LogP contribution in [-0.2, 0) is 14.3 Å². The van der Waals surface area contributed by atoms with Crippen molar-refractivity contribution in [2.24, 2.45) is 5.73 Å². The number of nitrogens with two attached hydrogens (primary N) is 1. The number of hydrogen-bond acceptors (Lipinski definition) is 7. The van der Waals surface area contributed by atoms with E-state index < -0.39 is 18.2 Å². The molecule has 0 saturated carbocycles. The van der Waals surface area contributed by atoms with E-state index in [9.17, 15) is 9.59 Å². The maximum absolute atomic E-state index is 12.1. The van der Waals surface area contributed by atoms with E-state index in [0.717, 1.165) is 21.2 Å². The predicted octanol–water partition coefficient (Wildman–Crippen LogP) is 4.45. The van der Waals surface area contributed by atoms with Crippen LogP contribution in [0, 0.1) is 13.8 Å². The molecule has 1 atom stereocenters. The van der Waals surface area contributed by atoms with Crippen LogP contribution in [0.3, 0.4) is 0 Å². The van der Waals surface area contributed by atoms with Crippen LogP contribution in [0.1, 0.15) is 23.8 Å². The molecule has 6 nitrogen and oxygen atoms in total. The topological polar surface area (TPSA) is 87.9 Å². The SMILES string of the molecule is CCC(N)OC(=O)C(=O)Oc1sc(C)c(C)c1Oc1cccc2ccccc12. The van der Waals surface area contributed by atoms with Gasteiger partial charge in [0.2, 0.25) is 5.06 Å². The third kappa shape index (κ3) is 4.16. The van der Waals surface area contributed by atoms with Crippen LogP contribution in [0.15, 0.2) is 42.5 Å². The van der Waals surface area contributed by atoms with Gasteiger partial charge in [-0.3, -0.25) is 5.73 Å². The molecule has 0 saturated heterocycles. The van der Waals surface area contributed by atoms with Gasteiger partial charge in [-0.25, -0.2) is 9.59 Å². The largest absolute Gasteiger partial charge is 0.452 e. The lowest BCUT2D eigenvalue weighted by atomic mass is 10.1. The lowest BCUT2D eigenvalue weighted by molar-refractivity contribution is -0.165. The maximum Gasteiger partial charge on any atom is 0.423 e. The lowest BCUT2D eigenvalue weighted by Gasteiger charge is -2.12. The number of esters is 2. The monoisotopic (exact) mass is 399 g/mol. The molecule has 3 aromatic rings. The van der Waals surface area contributed by atoms with Crippen molar-refractivity contribution >= 4 is 34.0 Å². The Labute approximate surface area is 166 Å². The number of carbonyl (C=O) groups excluding carboxylic acids is 2. The first-order valence-corrected chi connectivity index (χ1v) is 9.66. The van der Waals surface area contributed by atoms with Gasteiger partial charge in [0.25, 0.3) is 0 Å². The van der Waals surface area contributed by atoms with Crippen molar-refractivity contribution < 1.29 is 23.8 Å². The van der Waals surface area contributed by atoms with E-state index in [1.807, 2.05) is 56.3 Å². The Morgan fingerprint density at radius 3 is 2.54 bits per heavy atom. The van der Waals surface area contributed by atoms with Gasteiger partial charge in [0.1, 0.15) is 5.75 Å². The van der Waals surface area contributed by atoms with E-state index in [2.05, 4.69) is 0 Å².